The maximum absolute atomic E-state index is 13.2. The van der Waals surface area contributed by atoms with Crippen LogP contribution in [0.3, 0.4) is 0 Å². The Bertz CT molecular complexity index is 452. The lowest BCUT2D eigenvalue weighted by Gasteiger charge is -2.09. The van der Waals surface area contributed by atoms with Gasteiger partial charge in [0, 0.05) is 0 Å². The molecule has 0 saturated heterocycles. The number of nitriles is 1. The fourth-order valence-electron chi connectivity index (χ4n) is 1.13. The molecule has 4 nitrogen and oxygen atoms in total. The first-order valence-corrected chi connectivity index (χ1v) is 5.17. The standard InChI is InChI=1S/C12H13FN2O2/c1-8(2)7-17-12(16)15-11-5-3-4-10(13)9(11)6-14/h3-5,8H,7H2,1-2H3,(H,15,16). The lowest BCUT2D eigenvalue weighted by atomic mass is 10.2. The van der Waals surface area contributed by atoms with E-state index in [-0.39, 0.29) is 23.8 Å². The van der Waals surface area contributed by atoms with Gasteiger partial charge >= 0.3 is 6.09 Å². The third-order valence-electron chi connectivity index (χ3n) is 1.91. The van der Waals surface area contributed by atoms with Crippen LogP contribution in [0.2, 0.25) is 0 Å². The molecular weight excluding hydrogens is 223 g/mol. The van der Waals surface area contributed by atoms with Gasteiger partial charge in [0.2, 0.25) is 0 Å². The van der Waals surface area contributed by atoms with Gasteiger partial charge in [0.05, 0.1) is 12.3 Å². The third-order valence-corrected chi connectivity index (χ3v) is 1.91. The summed E-state index contributed by atoms with van der Waals surface area (Å²) in [6.45, 7) is 4.06. The molecule has 0 heterocycles. The highest BCUT2D eigenvalue weighted by molar-refractivity contribution is 5.86. The zero-order valence-corrected chi connectivity index (χ0v) is 9.66. The van der Waals surface area contributed by atoms with Crippen molar-refractivity contribution in [2.75, 3.05) is 11.9 Å². The van der Waals surface area contributed by atoms with Crippen LogP contribution < -0.4 is 5.32 Å². The molecule has 0 unspecified atom stereocenters. The molecule has 0 spiro atoms. The van der Waals surface area contributed by atoms with E-state index in [1.807, 2.05) is 13.8 Å². The summed E-state index contributed by atoms with van der Waals surface area (Å²) >= 11 is 0. The summed E-state index contributed by atoms with van der Waals surface area (Å²) in [6.07, 6.45) is -0.694. The van der Waals surface area contributed by atoms with E-state index in [4.69, 9.17) is 10.00 Å². The minimum absolute atomic E-state index is 0.112. The molecule has 5 heteroatoms. The molecule has 0 aliphatic carbocycles. The first-order valence-electron chi connectivity index (χ1n) is 5.17. The maximum atomic E-state index is 13.2. The Kier molecular flexibility index (Phi) is 4.46. The number of rotatable bonds is 3. The monoisotopic (exact) mass is 236 g/mol. The van der Waals surface area contributed by atoms with Crippen molar-refractivity contribution < 1.29 is 13.9 Å². The van der Waals surface area contributed by atoms with E-state index in [0.29, 0.717) is 0 Å². The van der Waals surface area contributed by atoms with Gasteiger partial charge in [0.25, 0.3) is 0 Å². The minimum Gasteiger partial charge on any atom is -0.449 e. The number of carbonyl (C=O) groups excluding carboxylic acids is 1. The van der Waals surface area contributed by atoms with Crippen molar-refractivity contribution in [1.29, 1.82) is 5.26 Å². The average Bonchev–Trinajstić information content (AvgIpc) is 2.27. The van der Waals surface area contributed by atoms with Crippen LogP contribution in [0, 0.1) is 23.1 Å². The molecule has 0 aliphatic heterocycles. The highest BCUT2D eigenvalue weighted by atomic mass is 19.1. The average molecular weight is 236 g/mol. The Morgan fingerprint density at radius 2 is 2.29 bits per heavy atom. The molecule has 0 fully saturated rings. The zero-order chi connectivity index (χ0) is 12.8. The fraction of sp³-hybridized carbons (Fsp3) is 0.333. The molecule has 0 saturated carbocycles. The van der Waals surface area contributed by atoms with Gasteiger partial charge in [-0.3, -0.25) is 5.32 Å². The highest BCUT2D eigenvalue weighted by Crippen LogP contribution is 2.17. The molecule has 0 atom stereocenters. The van der Waals surface area contributed by atoms with Crippen molar-refractivity contribution in [1.82, 2.24) is 0 Å². The van der Waals surface area contributed by atoms with Crippen LogP contribution in [0.5, 0.6) is 0 Å². The van der Waals surface area contributed by atoms with Gasteiger partial charge in [-0.05, 0) is 18.1 Å². The van der Waals surface area contributed by atoms with Gasteiger partial charge in [-0.15, -0.1) is 0 Å². The van der Waals surface area contributed by atoms with Crippen LogP contribution >= 0.6 is 0 Å². The number of benzene rings is 1. The summed E-state index contributed by atoms with van der Waals surface area (Å²) in [4.78, 5) is 11.3. The van der Waals surface area contributed by atoms with E-state index in [1.54, 1.807) is 6.07 Å². The smallest absolute Gasteiger partial charge is 0.411 e. The molecule has 90 valence electrons. The van der Waals surface area contributed by atoms with Gasteiger partial charge in [-0.25, -0.2) is 9.18 Å². The summed E-state index contributed by atoms with van der Waals surface area (Å²) in [7, 11) is 0. The van der Waals surface area contributed by atoms with Crippen molar-refractivity contribution in [2.24, 2.45) is 5.92 Å². The van der Waals surface area contributed by atoms with Crippen LogP contribution in [-0.2, 0) is 4.74 Å². The molecule has 1 rings (SSSR count). The molecule has 1 aromatic carbocycles. The fourth-order valence-corrected chi connectivity index (χ4v) is 1.13. The number of anilines is 1. The Hall–Kier alpha value is -2.09. The molecule has 1 aromatic rings. The van der Waals surface area contributed by atoms with Crippen LogP contribution in [-0.4, -0.2) is 12.7 Å². The van der Waals surface area contributed by atoms with Crippen LogP contribution in [0.25, 0.3) is 0 Å². The second kappa shape index (κ2) is 5.85. The summed E-state index contributed by atoms with van der Waals surface area (Å²) in [5.41, 5.74) is -0.0877. The number of carbonyl (C=O) groups is 1. The highest BCUT2D eigenvalue weighted by Gasteiger charge is 2.11. The number of hydrogen-bond acceptors (Lipinski definition) is 3. The molecule has 17 heavy (non-hydrogen) atoms. The van der Waals surface area contributed by atoms with Gasteiger partial charge in [-0.1, -0.05) is 19.9 Å². The largest absolute Gasteiger partial charge is 0.449 e. The van der Waals surface area contributed by atoms with E-state index >= 15 is 0 Å². The number of nitrogens with zero attached hydrogens (tertiary/aromatic N) is 1. The summed E-state index contributed by atoms with van der Waals surface area (Å²) < 4.78 is 18.1. The third kappa shape index (κ3) is 3.76. The Morgan fingerprint density at radius 3 is 2.88 bits per heavy atom. The second-order valence-corrected chi connectivity index (χ2v) is 3.89. The Balaban J connectivity index is 2.72. The second-order valence-electron chi connectivity index (χ2n) is 3.89. The first-order chi connectivity index (χ1) is 8.04. The van der Waals surface area contributed by atoms with Gasteiger partial charge < -0.3 is 4.74 Å². The van der Waals surface area contributed by atoms with E-state index in [2.05, 4.69) is 5.32 Å². The molecule has 0 radical (unpaired) electrons. The summed E-state index contributed by atoms with van der Waals surface area (Å²) in [5, 5.41) is 11.1. The van der Waals surface area contributed by atoms with Crippen molar-refractivity contribution in [2.45, 2.75) is 13.8 Å². The number of ether oxygens (including phenoxy) is 1. The molecule has 1 amide bonds. The lowest BCUT2D eigenvalue weighted by Crippen LogP contribution is -2.17. The number of nitrogens with one attached hydrogen (secondary N) is 1. The summed E-state index contributed by atoms with van der Waals surface area (Å²) in [6, 6.07) is 5.70. The van der Waals surface area contributed by atoms with Gasteiger partial charge in [0.1, 0.15) is 17.4 Å². The molecule has 0 aliphatic rings. The Morgan fingerprint density at radius 1 is 1.59 bits per heavy atom. The predicted octanol–water partition coefficient (Wildman–Crippen LogP) is 2.90. The van der Waals surface area contributed by atoms with Crippen LogP contribution in [0.1, 0.15) is 19.4 Å². The quantitative estimate of drug-likeness (QED) is 0.877. The number of halogens is 1. The van der Waals surface area contributed by atoms with Gasteiger partial charge in [0.15, 0.2) is 0 Å². The first kappa shape index (κ1) is 13.0. The minimum atomic E-state index is -0.694. The summed E-state index contributed by atoms with van der Waals surface area (Å²) in [5.74, 6) is -0.460. The SMILES string of the molecule is CC(C)COC(=O)Nc1cccc(F)c1C#N. The molecular formula is C12H13FN2O2. The van der Waals surface area contributed by atoms with Crippen LogP contribution in [0.4, 0.5) is 14.9 Å². The van der Waals surface area contributed by atoms with E-state index in [9.17, 15) is 9.18 Å². The maximum Gasteiger partial charge on any atom is 0.411 e. The van der Waals surface area contributed by atoms with E-state index in [0.717, 1.165) is 6.07 Å². The van der Waals surface area contributed by atoms with Crippen molar-refractivity contribution in [3.63, 3.8) is 0 Å². The predicted molar refractivity (Wildman–Crippen MR) is 60.9 cm³/mol. The number of hydrogen-bond donors (Lipinski definition) is 1. The lowest BCUT2D eigenvalue weighted by molar-refractivity contribution is 0.147. The van der Waals surface area contributed by atoms with Gasteiger partial charge in [-0.2, -0.15) is 5.26 Å². The topological polar surface area (TPSA) is 62.1 Å². The number of amides is 1. The van der Waals surface area contributed by atoms with Crippen molar-refractivity contribution in [3.05, 3.63) is 29.6 Å². The van der Waals surface area contributed by atoms with Crippen molar-refractivity contribution in [3.8, 4) is 6.07 Å². The molecule has 1 N–H and O–H groups in total. The molecule has 0 bridgehead atoms. The molecule has 0 aromatic heterocycles. The van der Waals surface area contributed by atoms with Crippen LogP contribution in [0.15, 0.2) is 18.2 Å². The van der Waals surface area contributed by atoms with E-state index in [1.165, 1.54) is 12.1 Å². The van der Waals surface area contributed by atoms with Crippen molar-refractivity contribution >= 4 is 11.8 Å². The Labute approximate surface area is 99.0 Å². The zero-order valence-electron chi connectivity index (χ0n) is 9.66. The normalized spacial score (nSPS) is 9.82. The van der Waals surface area contributed by atoms with E-state index < -0.39 is 11.9 Å².